The molecule has 20 heavy (non-hydrogen) atoms. The zero-order valence-corrected chi connectivity index (χ0v) is 12.8. The molecule has 3 nitrogen and oxygen atoms in total. The fourth-order valence-corrected chi connectivity index (χ4v) is 2.89. The van der Waals surface area contributed by atoms with Gasteiger partial charge in [0, 0.05) is 24.2 Å². The summed E-state index contributed by atoms with van der Waals surface area (Å²) in [6.45, 7) is 6.51. The Bertz CT molecular complexity index is 475. The molecule has 1 aromatic rings. The second-order valence-corrected chi connectivity index (χ2v) is 5.97. The normalized spacial score (nSPS) is 17.6. The van der Waals surface area contributed by atoms with E-state index in [0.717, 1.165) is 18.7 Å². The minimum absolute atomic E-state index is 0.444. The lowest BCUT2D eigenvalue weighted by molar-refractivity contribution is 0.209. The number of hydrogen-bond acceptors (Lipinski definition) is 3. The average Bonchev–Trinajstić information content (AvgIpc) is 2.47. The van der Waals surface area contributed by atoms with Crippen LogP contribution in [0.25, 0.3) is 0 Å². The third kappa shape index (κ3) is 4.49. The average molecular weight is 292 g/mol. The zero-order chi connectivity index (χ0) is 14.4. The minimum atomic E-state index is 0.444. The van der Waals surface area contributed by atoms with E-state index < -0.39 is 0 Å². The van der Waals surface area contributed by atoms with E-state index in [0.29, 0.717) is 16.6 Å². The van der Waals surface area contributed by atoms with Gasteiger partial charge in [-0.15, -0.1) is 0 Å². The van der Waals surface area contributed by atoms with Gasteiger partial charge in [0.15, 0.2) is 0 Å². The van der Waals surface area contributed by atoms with Gasteiger partial charge in [-0.2, -0.15) is 5.26 Å². The molecule has 2 rings (SSSR count). The van der Waals surface area contributed by atoms with Crippen LogP contribution in [0.3, 0.4) is 0 Å². The lowest BCUT2D eigenvalue weighted by Crippen LogP contribution is -2.41. The number of nitriles is 1. The molecule has 108 valence electrons. The number of likely N-dealkylation sites (tertiary alicyclic amines) is 1. The van der Waals surface area contributed by atoms with Gasteiger partial charge >= 0.3 is 0 Å². The molecule has 1 saturated heterocycles. The van der Waals surface area contributed by atoms with Crippen molar-refractivity contribution < 1.29 is 0 Å². The SMILES string of the molecule is CC(CN1CCCCC1)NCc1ccc(C#N)cc1Cl. The van der Waals surface area contributed by atoms with Crippen LogP contribution in [0.4, 0.5) is 0 Å². The molecule has 0 saturated carbocycles. The van der Waals surface area contributed by atoms with Gasteiger partial charge in [-0.05, 0) is 50.6 Å². The van der Waals surface area contributed by atoms with E-state index in [9.17, 15) is 0 Å². The second kappa shape index (κ2) is 7.64. The van der Waals surface area contributed by atoms with Crippen molar-refractivity contribution in [2.24, 2.45) is 0 Å². The third-order valence-corrected chi connectivity index (χ3v) is 4.16. The molecule has 1 atom stereocenters. The van der Waals surface area contributed by atoms with E-state index in [4.69, 9.17) is 16.9 Å². The van der Waals surface area contributed by atoms with Crippen LogP contribution in [-0.4, -0.2) is 30.6 Å². The lowest BCUT2D eigenvalue weighted by Gasteiger charge is -2.29. The molecule has 1 aliphatic rings. The van der Waals surface area contributed by atoms with Crippen LogP contribution in [0.5, 0.6) is 0 Å². The predicted octanol–water partition coefficient (Wildman–Crippen LogP) is 3.18. The second-order valence-electron chi connectivity index (χ2n) is 5.56. The Morgan fingerprint density at radius 3 is 2.75 bits per heavy atom. The molecule has 0 aliphatic carbocycles. The van der Waals surface area contributed by atoms with Crippen LogP contribution in [-0.2, 0) is 6.54 Å². The number of rotatable bonds is 5. The van der Waals surface area contributed by atoms with Gasteiger partial charge < -0.3 is 10.2 Å². The molecule has 1 heterocycles. The van der Waals surface area contributed by atoms with Gasteiger partial charge in [0.2, 0.25) is 0 Å². The van der Waals surface area contributed by atoms with Gasteiger partial charge in [-0.25, -0.2) is 0 Å². The van der Waals surface area contributed by atoms with Crippen LogP contribution < -0.4 is 5.32 Å². The highest BCUT2D eigenvalue weighted by molar-refractivity contribution is 6.31. The zero-order valence-electron chi connectivity index (χ0n) is 12.0. The Balaban J connectivity index is 1.80. The highest BCUT2D eigenvalue weighted by Gasteiger charge is 2.13. The number of hydrogen-bond donors (Lipinski definition) is 1. The van der Waals surface area contributed by atoms with Crippen molar-refractivity contribution in [3.8, 4) is 6.07 Å². The van der Waals surface area contributed by atoms with Crippen molar-refractivity contribution in [1.82, 2.24) is 10.2 Å². The summed E-state index contributed by atoms with van der Waals surface area (Å²) in [5, 5.41) is 13.0. The van der Waals surface area contributed by atoms with Gasteiger partial charge in [0.05, 0.1) is 11.6 Å². The van der Waals surface area contributed by atoms with Crippen molar-refractivity contribution >= 4 is 11.6 Å². The minimum Gasteiger partial charge on any atom is -0.309 e. The van der Waals surface area contributed by atoms with E-state index >= 15 is 0 Å². The maximum absolute atomic E-state index is 8.82. The maximum Gasteiger partial charge on any atom is 0.0992 e. The molecule has 1 aliphatic heterocycles. The number of nitrogens with zero attached hydrogens (tertiary/aromatic N) is 2. The van der Waals surface area contributed by atoms with Crippen molar-refractivity contribution in [3.05, 3.63) is 34.3 Å². The molecule has 0 radical (unpaired) electrons. The topological polar surface area (TPSA) is 39.1 Å². The van der Waals surface area contributed by atoms with E-state index in [-0.39, 0.29) is 0 Å². The van der Waals surface area contributed by atoms with E-state index in [1.54, 1.807) is 6.07 Å². The maximum atomic E-state index is 8.82. The van der Waals surface area contributed by atoms with Crippen LogP contribution >= 0.6 is 11.6 Å². The first kappa shape index (κ1) is 15.3. The highest BCUT2D eigenvalue weighted by atomic mass is 35.5. The first-order valence-corrected chi connectivity index (χ1v) is 7.71. The smallest absolute Gasteiger partial charge is 0.0992 e. The molecular formula is C16H22ClN3. The summed E-state index contributed by atoms with van der Waals surface area (Å²) in [5.41, 5.74) is 1.66. The summed E-state index contributed by atoms with van der Waals surface area (Å²) in [6.07, 6.45) is 4.03. The lowest BCUT2D eigenvalue weighted by atomic mass is 10.1. The van der Waals surface area contributed by atoms with E-state index in [1.807, 2.05) is 12.1 Å². The number of piperidine rings is 1. The molecule has 4 heteroatoms. The Kier molecular flexibility index (Phi) is 5.85. The summed E-state index contributed by atoms with van der Waals surface area (Å²) in [6, 6.07) is 8.03. The van der Waals surface area contributed by atoms with Crippen molar-refractivity contribution in [1.29, 1.82) is 5.26 Å². The number of halogens is 1. The fraction of sp³-hybridized carbons (Fsp3) is 0.562. The standard InChI is InChI=1S/C16H22ClN3/c1-13(12-20-7-3-2-4-8-20)19-11-15-6-5-14(10-18)9-16(15)17/h5-6,9,13,19H,2-4,7-8,11-12H2,1H3. The predicted molar refractivity (Wildman–Crippen MR) is 82.8 cm³/mol. The Morgan fingerprint density at radius 2 is 2.10 bits per heavy atom. The molecule has 0 bridgehead atoms. The molecule has 1 aromatic carbocycles. The van der Waals surface area contributed by atoms with Crippen LogP contribution in [0.1, 0.15) is 37.3 Å². The molecular weight excluding hydrogens is 270 g/mol. The third-order valence-electron chi connectivity index (χ3n) is 3.80. The fourth-order valence-electron chi connectivity index (χ4n) is 2.64. The largest absolute Gasteiger partial charge is 0.309 e. The van der Waals surface area contributed by atoms with Crippen LogP contribution in [0, 0.1) is 11.3 Å². The first-order chi connectivity index (χ1) is 9.69. The Labute approximate surface area is 126 Å². The number of nitrogens with one attached hydrogen (secondary N) is 1. The molecule has 0 aromatic heterocycles. The highest BCUT2D eigenvalue weighted by Crippen LogP contribution is 2.17. The van der Waals surface area contributed by atoms with Gasteiger partial charge in [0.25, 0.3) is 0 Å². The Morgan fingerprint density at radius 1 is 1.35 bits per heavy atom. The van der Waals surface area contributed by atoms with Crippen molar-refractivity contribution in [2.75, 3.05) is 19.6 Å². The first-order valence-electron chi connectivity index (χ1n) is 7.33. The van der Waals surface area contributed by atoms with Gasteiger partial charge in [0.1, 0.15) is 0 Å². The molecule has 0 amide bonds. The van der Waals surface area contributed by atoms with Crippen LogP contribution in [0.2, 0.25) is 5.02 Å². The molecule has 1 unspecified atom stereocenters. The van der Waals surface area contributed by atoms with Gasteiger partial charge in [-0.3, -0.25) is 0 Å². The van der Waals surface area contributed by atoms with E-state index in [1.165, 1.54) is 32.4 Å². The summed E-state index contributed by atoms with van der Waals surface area (Å²) >= 11 is 6.18. The Hall–Kier alpha value is -1.08. The molecule has 1 fully saturated rings. The molecule has 1 N–H and O–H groups in total. The van der Waals surface area contributed by atoms with Gasteiger partial charge in [-0.1, -0.05) is 24.1 Å². The summed E-state index contributed by atoms with van der Waals surface area (Å²) in [4.78, 5) is 2.53. The monoisotopic (exact) mass is 291 g/mol. The quantitative estimate of drug-likeness (QED) is 0.906. The van der Waals surface area contributed by atoms with E-state index in [2.05, 4.69) is 23.2 Å². The number of benzene rings is 1. The van der Waals surface area contributed by atoms with Crippen molar-refractivity contribution in [2.45, 2.75) is 38.8 Å². The molecule has 0 spiro atoms. The summed E-state index contributed by atoms with van der Waals surface area (Å²) < 4.78 is 0. The van der Waals surface area contributed by atoms with Crippen molar-refractivity contribution in [3.63, 3.8) is 0 Å². The van der Waals surface area contributed by atoms with Crippen LogP contribution in [0.15, 0.2) is 18.2 Å². The summed E-state index contributed by atoms with van der Waals surface area (Å²) in [7, 11) is 0. The summed E-state index contributed by atoms with van der Waals surface area (Å²) in [5.74, 6) is 0.